The van der Waals surface area contributed by atoms with Crippen LogP contribution in [0.1, 0.15) is 16.2 Å². The Morgan fingerprint density at radius 1 is 1.54 bits per heavy atom. The summed E-state index contributed by atoms with van der Waals surface area (Å²) in [5.41, 5.74) is 10.9. The molecule has 1 aromatic rings. The van der Waals surface area contributed by atoms with Crippen molar-refractivity contribution in [3.05, 3.63) is 11.4 Å². The van der Waals surface area contributed by atoms with E-state index < -0.39 is 5.91 Å². The molecule has 0 atom stereocenters. The number of aliphatic imine (C=N–C) groups is 1. The standard InChI is InChI=1S/C6H10N6O/c1-3-4(10-11-12(3)2)5(13)9-6(7)8/h1-2H3,(H4,7,8,9,13). The Hall–Kier alpha value is -1.92. The third-order valence-corrected chi connectivity index (χ3v) is 1.54. The molecule has 0 aromatic carbocycles. The fourth-order valence-electron chi connectivity index (χ4n) is 0.772. The molecule has 4 N–H and O–H groups in total. The predicted molar refractivity (Wildman–Crippen MR) is 45.9 cm³/mol. The number of aryl methyl sites for hydroxylation is 1. The van der Waals surface area contributed by atoms with Gasteiger partial charge < -0.3 is 11.5 Å². The summed E-state index contributed by atoms with van der Waals surface area (Å²) in [4.78, 5) is 14.6. The molecule has 7 heteroatoms. The first-order chi connectivity index (χ1) is 6.02. The molecule has 1 aromatic heterocycles. The van der Waals surface area contributed by atoms with Gasteiger partial charge in [0.1, 0.15) is 0 Å². The van der Waals surface area contributed by atoms with Crippen LogP contribution in [0.15, 0.2) is 4.99 Å². The molecule has 70 valence electrons. The molecule has 1 rings (SSSR count). The van der Waals surface area contributed by atoms with Crippen molar-refractivity contribution in [3.8, 4) is 0 Å². The Kier molecular flexibility index (Phi) is 2.27. The highest BCUT2D eigenvalue weighted by molar-refractivity contribution is 6.01. The molecule has 0 aliphatic rings. The summed E-state index contributed by atoms with van der Waals surface area (Å²) < 4.78 is 1.47. The molecule has 0 fully saturated rings. The molecule has 1 amide bonds. The predicted octanol–water partition coefficient (Wildman–Crippen LogP) is -1.46. The smallest absolute Gasteiger partial charge is 0.302 e. The van der Waals surface area contributed by atoms with E-state index in [2.05, 4.69) is 15.3 Å². The number of nitrogens with zero attached hydrogens (tertiary/aromatic N) is 4. The molecular formula is C6H10N6O. The zero-order valence-corrected chi connectivity index (χ0v) is 7.35. The first-order valence-corrected chi connectivity index (χ1v) is 3.52. The second-order valence-electron chi connectivity index (χ2n) is 2.49. The summed E-state index contributed by atoms with van der Waals surface area (Å²) >= 11 is 0. The first-order valence-electron chi connectivity index (χ1n) is 3.52. The van der Waals surface area contributed by atoms with Crippen LogP contribution in [-0.4, -0.2) is 26.9 Å². The van der Waals surface area contributed by atoms with E-state index in [4.69, 9.17) is 11.5 Å². The zero-order chi connectivity index (χ0) is 10.0. The Morgan fingerprint density at radius 3 is 2.54 bits per heavy atom. The van der Waals surface area contributed by atoms with Crippen molar-refractivity contribution in [1.82, 2.24) is 15.0 Å². The summed E-state index contributed by atoms with van der Waals surface area (Å²) in [5.74, 6) is -0.861. The number of carbonyl (C=O) groups excluding carboxylic acids is 1. The van der Waals surface area contributed by atoms with Crippen molar-refractivity contribution < 1.29 is 4.79 Å². The maximum absolute atomic E-state index is 11.2. The SMILES string of the molecule is Cc1c(C(=O)N=C(N)N)nnn1C. The van der Waals surface area contributed by atoms with Crippen molar-refractivity contribution in [2.75, 3.05) is 0 Å². The third kappa shape index (κ3) is 1.81. The molecule has 7 nitrogen and oxygen atoms in total. The number of hydrogen-bond donors (Lipinski definition) is 2. The van der Waals surface area contributed by atoms with Crippen molar-refractivity contribution in [2.24, 2.45) is 23.5 Å². The Bertz CT molecular complexity index is 361. The van der Waals surface area contributed by atoms with Gasteiger partial charge in [0.05, 0.1) is 5.69 Å². The Balaban J connectivity index is 3.03. The third-order valence-electron chi connectivity index (χ3n) is 1.54. The first kappa shape index (κ1) is 9.17. The summed E-state index contributed by atoms with van der Waals surface area (Å²) in [6.07, 6.45) is 0. The van der Waals surface area contributed by atoms with Gasteiger partial charge in [-0.25, -0.2) is 0 Å². The lowest BCUT2D eigenvalue weighted by Gasteiger charge is -1.92. The van der Waals surface area contributed by atoms with Gasteiger partial charge in [0, 0.05) is 7.05 Å². The van der Waals surface area contributed by atoms with Crippen LogP contribution in [0, 0.1) is 6.92 Å². The molecule has 1 heterocycles. The lowest BCUT2D eigenvalue weighted by atomic mass is 10.3. The van der Waals surface area contributed by atoms with Gasteiger partial charge in [0.25, 0.3) is 0 Å². The average molecular weight is 182 g/mol. The molecule has 0 radical (unpaired) electrons. The maximum Gasteiger partial charge on any atom is 0.302 e. The fourth-order valence-corrected chi connectivity index (χ4v) is 0.772. The van der Waals surface area contributed by atoms with E-state index in [1.807, 2.05) is 0 Å². The highest BCUT2D eigenvalue weighted by Crippen LogP contribution is 2.02. The normalized spacial score (nSPS) is 9.69. The van der Waals surface area contributed by atoms with Gasteiger partial charge in [0.2, 0.25) is 0 Å². The number of hydrogen-bond acceptors (Lipinski definition) is 3. The highest BCUT2D eigenvalue weighted by atomic mass is 16.1. The van der Waals surface area contributed by atoms with Crippen LogP contribution in [-0.2, 0) is 7.05 Å². The van der Waals surface area contributed by atoms with E-state index >= 15 is 0 Å². The van der Waals surface area contributed by atoms with Crippen LogP contribution >= 0.6 is 0 Å². The van der Waals surface area contributed by atoms with E-state index in [0.717, 1.165) is 0 Å². The molecule has 0 bridgehead atoms. The monoisotopic (exact) mass is 182 g/mol. The number of carbonyl (C=O) groups is 1. The molecule has 0 aliphatic heterocycles. The molecule has 13 heavy (non-hydrogen) atoms. The minimum Gasteiger partial charge on any atom is -0.370 e. The van der Waals surface area contributed by atoms with Crippen molar-refractivity contribution in [3.63, 3.8) is 0 Å². The van der Waals surface area contributed by atoms with E-state index in [0.29, 0.717) is 5.69 Å². The van der Waals surface area contributed by atoms with Gasteiger partial charge >= 0.3 is 5.91 Å². The van der Waals surface area contributed by atoms with E-state index in [1.54, 1.807) is 14.0 Å². The van der Waals surface area contributed by atoms with Gasteiger partial charge in [-0.2, -0.15) is 4.99 Å². The van der Waals surface area contributed by atoms with Crippen LogP contribution in [0.2, 0.25) is 0 Å². The Morgan fingerprint density at radius 2 is 2.15 bits per heavy atom. The number of aromatic nitrogens is 3. The van der Waals surface area contributed by atoms with Crippen molar-refractivity contribution >= 4 is 11.9 Å². The van der Waals surface area contributed by atoms with Crippen LogP contribution in [0.25, 0.3) is 0 Å². The zero-order valence-electron chi connectivity index (χ0n) is 7.35. The Labute approximate surface area is 74.4 Å². The summed E-state index contributed by atoms with van der Waals surface area (Å²) in [6, 6.07) is 0. The van der Waals surface area contributed by atoms with Gasteiger partial charge in [-0.1, -0.05) is 5.21 Å². The summed E-state index contributed by atoms with van der Waals surface area (Å²) in [6.45, 7) is 1.70. The number of rotatable bonds is 1. The number of guanidine groups is 1. The van der Waals surface area contributed by atoms with Crippen molar-refractivity contribution in [1.29, 1.82) is 0 Å². The van der Waals surface area contributed by atoms with E-state index in [-0.39, 0.29) is 11.7 Å². The van der Waals surface area contributed by atoms with Gasteiger partial charge in [-0.15, -0.1) is 5.10 Å². The average Bonchev–Trinajstić information content (AvgIpc) is 2.31. The quantitative estimate of drug-likeness (QED) is 0.407. The fraction of sp³-hybridized carbons (Fsp3) is 0.333. The van der Waals surface area contributed by atoms with Crippen LogP contribution in [0.5, 0.6) is 0 Å². The van der Waals surface area contributed by atoms with Crippen LogP contribution in [0.4, 0.5) is 0 Å². The maximum atomic E-state index is 11.2. The lowest BCUT2D eigenvalue weighted by molar-refractivity contribution is 0.0997. The summed E-state index contributed by atoms with van der Waals surface area (Å²) in [5, 5.41) is 7.25. The molecule has 0 spiro atoms. The lowest BCUT2D eigenvalue weighted by Crippen LogP contribution is -2.24. The minimum atomic E-state index is -0.578. The topological polar surface area (TPSA) is 112 Å². The van der Waals surface area contributed by atoms with Crippen molar-refractivity contribution in [2.45, 2.75) is 6.92 Å². The number of amides is 1. The van der Waals surface area contributed by atoms with Gasteiger partial charge in [-0.3, -0.25) is 9.48 Å². The number of nitrogens with two attached hydrogens (primary N) is 2. The second-order valence-corrected chi connectivity index (χ2v) is 2.49. The molecule has 0 unspecified atom stereocenters. The summed E-state index contributed by atoms with van der Waals surface area (Å²) in [7, 11) is 1.68. The van der Waals surface area contributed by atoms with E-state index in [9.17, 15) is 4.79 Å². The van der Waals surface area contributed by atoms with E-state index in [1.165, 1.54) is 4.68 Å². The van der Waals surface area contributed by atoms with Gasteiger partial charge in [0.15, 0.2) is 11.7 Å². The van der Waals surface area contributed by atoms with Gasteiger partial charge in [-0.05, 0) is 6.92 Å². The molecular weight excluding hydrogens is 172 g/mol. The molecule has 0 aliphatic carbocycles. The highest BCUT2D eigenvalue weighted by Gasteiger charge is 2.13. The second kappa shape index (κ2) is 3.21. The largest absolute Gasteiger partial charge is 0.370 e. The van der Waals surface area contributed by atoms with Crippen LogP contribution in [0.3, 0.4) is 0 Å². The minimum absolute atomic E-state index is 0.163. The molecule has 0 saturated carbocycles. The van der Waals surface area contributed by atoms with Crippen LogP contribution < -0.4 is 11.5 Å². The molecule has 0 saturated heterocycles.